The second kappa shape index (κ2) is 2.78. The molecular weight excluding hydrogens is 191 g/mol. The minimum absolute atomic E-state index is 0.283. The monoisotopic (exact) mass is 203 g/mol. The fourth-order valence-electron chi connectivity index (χ4n) is 2.06. The summed E-state index contributed by atoms with van der Waals surface area (Å²) in [5, 5.41) is 0. The first-order valence-corrected chi connectivity index (χ1v) is 4.68. The first-order chi connectivity index (χ1) is 6.43. The Labute approximate surface area is 80.3 Å². The largest absolute Gasteiger partial charge is 0.418 e. The molecule has 0 saturated heterocycles. The molecule has 1 aromatic heterocycles. The summed E-state index contributed by atoms with van der Waals surface area (Å²) in [6.07, 6.45) is -0.143. The number of alkyl halides is 3. The Kier molecular flexibility index (Phi) is 1.91. The van der Waals surface area contributed by atoms with Crippen LogP contribution < -0.4 is 0 Å². The van der Waals surface area contributed by atoms with Crippen LogP contribution in [0.5, 0.6) is 0 Å². The van der Waals surface area contributed by atoms with Crippen LogP contribution in [0.25, 0.3) is 0 Å². The van der Waals surface area contributed by atoms with E-state index in [4.69, 9.17) is 0 Å². The van der Waals surface area contributed by atoms with Crippen LogP contribution in [-0.4, -0.2) is 4.98 Å². The summed E-state index contributed by atoms with van der Waals surface area (Å²) in [4.78, 5) is 2.73. The lowest BCUT2D eigenvalue weighted by Crippen LogP contribution is -2.33. The molecular formula is C10H12F3N. The Morgan fingerprint density at radius 2 is 2.00 bits per heavy atom. The molecule has 0 atom stereocenters. The molecule has 78 valence electrons. The van der Waals surface area contributed by atoms with E-state index in [2.05, 4.69) is 4.98 Å². The van der Waals surface area contributed by atoms with Crippen LogP contribution in [0, 0.1) is 0 Å². The first kappa shape index (κ1) is 9.62. The van der Waals surface area contributed by atoms with E-state index in [1.165, 1.54) is 6.20 Å². The van der Waals surface area contributed by atoms with Crippen molar-refractivity contribution >= 4 is 0 Å². The fourth-order valence-corrected chi connectivity index (χ4v) is 2.06. The van der Waals surface area contributed by atoms with Gasteiger partial charge >= 0.3 is 6.18 Å². The normalized spacial score (nSPS) is 20.6. The van der Waals surface area contributed by atoms with Crippen molar-refractivity contribution in [3.05, 3.63) is 23.5 Å². The number of hydrogen-bond acceptors (Lipinski definition) is 0. The van der Waals surface area contributed by atoms with E-state index in [0.717, 1.165) is 25.3 Å². The van der Waals surface area contributed by atoms with Crippen molar-refractivity contribution in [2.45, 2.75) is 37.8 Å². The Morgan fingerprint density at radius 3 is 2.43 bits per heavy atom. The third kappa shape index (κ3) is 1.33. The molecule has 1 aliphatic rings. The lowest BCUT2D eigenvalue weighted by Gasteiger charge is -2.38. The lowest BCUT2D eigenvalue weighted by atomic mass is 9.67. The van der Waals surface area contributed by atoms with Gasteiger partial charge in [-0.2, -0.15) is 13.2 Å². The number of rotatable bonds is 1. The van der Waals surface area contributed by atoms with Crippen molar-refractivity contribution in [3.63, 3.8) is 0 Å². The van der Waals surface area contributed by atoms with Crippen molar-refractivity contribution in [3.8, 4) is 0 Å². The average Bonchev–Trinajstić information content (AvgIpc) is 2.46. The third-order valence-corrected chi connectivity index (χ3v) is 3.11. The lowest BCUT2D eigenvalue weighted by molar-refractivity contribution is -0.139. The minimum Gasteiger partial charge on any atom is -0.364 e. The maximum atomic E-state index is 12.6. The molecule has 1 N–H and O–H groups in total. The van der Waals surface area contributed by atoms with Crippen LogP contribution in [0.2, 0.25) is 0 Å². The SMILES string of the molecule is CC1(c2[nH]ccc2C(F)(F)F)CCC1. The molecule has 1 aliphatic carbocycles. The van der Waals surface area contributed by atoms with Crippen LogP contribution in [0.4, 0.5) is 13.2 Å². The third-order valence-electron chi connectivity index (χ3n) is 3.11. The number of nitrogens with one attached hydrogen (secondary N) is 1. The van der Waals surface area contributed by atoms with Gasteiger partial charge in [0.15, 0.2) is 0 Å². The molecule has 14 heavy (non-hydrogen) atoms. The summed E-state index contributed by atoms with van der Waals surface area (Å²) in [6.45, 7) is 1.89. The molecule has 1 saturated carbocycles. The minimum atomic E-state index is -4.23. The van der Waals surface area contributed by atoms with Crippen molar-refractivity contribution in [2.24, 2.45) is 0 Å². The predicted molar refractivity (Wildman–Crippen MR) is 47.0 cm³/mol. The van der Waals surface area contributed by atoms with E-state index in [0.29, 0.717) is 5.69 Å². The molecule has 1 aromatic rings. The van der Waals surface area contributed by atoms with Gasteiger partial charge in [0.2, 0.25) is 0 Å². The van der Waals surface area contributed by atoms with Gasteiger partial charge < -0.3 is 4.98 Å². The van der Waals surface area contributed by atoms with E-state index in [1.54, 1.807) is 0 Å². The quantitative estimate of drug-likeness (QED) is 0.719. The molecule has 0 bridgehead atoms. The number of H-pyrrole nitrogens is 1. The second-order valence-electron chi connectivity index (χ2n) is 4.18. The summed E-state index contributed by atoms with van der Waals surface area (Å²) in [5.74, 6) is 0. The molecule has 1 nitrogen and oxygen atoms in total. The summed E-state index contributed by atoms with van der Waals surface area (Å²) >= 11 is 0. The average molecular weight is 203 g/mol. The van der Waals surface area contributed by atoms with Crippen LogP contribution in [0.3, 0.4) is 0 Å². The number of aromatic nitrogens is 1. The number of halogens is 3. The molecule has 0 aliphatic heterocycles. The second-order valence-corrected chi connectivity index (χ2v) is 4.18. The fraction of sp³-hybridized carbons (Fsp3) is 0.600. The van der Waals surface area contributed by atoms with Crippen molar-refractivity contribution in [1.29, 1.82) is 0 Å². The van der Waals surface area contributed by atoms with Crippen LogP contribution in [-0.2, 0) is 11.6 Å². The summed E-state index contributed by atoms with van der Waals surface area (Å²) < 4.78 is 37.7. The van der Waals surface area contributed by atoms with E-state index in [9.17, 15) is 13.2 Å². The van der Waals surface area contributed by atoms with E-state index >= 15 is 0 Å². The van der Waals surface area contributed by atoms with E-state index in [1.807, 2.05) is 6.92 Å². The van der Waals surface area contributed by atoms with Crippen LogP contribution in [0.1, 0.15) is 37.4 Å². The van der Waals surface area contributed by atoms with Crippen LogP contribution >= 0.6 is 0 Å². The Balaban J connectivity index is 2.39. The Morgan fingerprint density at radius 1 is 1.36 bits per heavy atom. The molecule has 0 aromatic carbocycles. The number of aromatic amines is 1. The molecule has 0 amide bonds. The number of hydrogen-bond donors (Lipinski definition) is 1. The summed E-state index contributed by atoms with van der Waals surface area (Å²) in [7, 11) is 0. The highest BCUT2D eigenvalue weighted by Gasteiger charge is 2.43. The van der Waals surface area contributed by atoms with Gasteiger partial charge in [0.05, 0.1) is 5.56 Å². The maximum Gasteiger partial charge on any atom is 0.418 e. The summed E-state index contributed by atoms with van der Waals surface area (Å²) in [5.41, 5.74) is -0.426. The highest BCUT2D eigenvalue weighted by Crippen LogP contribution is 2.46. The zero-order valence-electron chi connectivity index (χ0n) is 7.91. The van der Waals surface area contributed by atoms with Crippen molar-refractivity contribution in [2.75, 3.05) is 0 Å². The molecule has 1 heterocycles. The van der Waals surface area contributed by atoms with Gasteiger partial charge in [0.1, 0.15) is 0 Å². The van der Waals surface area contributed by atoms with E-state index in [-0.39, 0.29) is 5.41 Å². The topological polar surface area (TPSA) is 15.8 Å². The zero-order chi connectivity index (χ0) is 10.4. The highest BCUT2D eigenvalue weighted by molar-refractivity contribution is 5.32. The van der Waals surface area contributed by atoms with Crippen LogP contribution in [0.15, 0.2) is 12.3 Å². The van der Waals surface area contributed by atoms with Gasteiger partial charge in [0, 0.05) is 17.3 Å². The first-order valence-electron chi connectivity index (χ1n) is 4.68. The standard InChI is InChI=1S/C10H12F3N/c1-9(4-2-5-9)8-7(3-6-14-8)10(11,12)13/h3,6,14H,2,4-5H2,1H3. The highest BCUT2D eigenvalue weighted by atomic mass is 19.4. The molecule has 0 unspecified atom stereocenters. The van der Waals surface area contributed by atoms with Crippen molar-refractivity contribution in [1.82, 2.24) is 4.98 Å². The van der Waals surface area contributed by atoms with Crippen molar-refractivity contribution < 1.29 is 13.2 Å². The molecule has 2 rings (SSSR count). The molecule has 4 heteroatoms. The summed E-state index contributed by atoms with van der Waals surface area (Å²) in [6, 6.07) is 1.12. The maximum absolute atomic E-state index is 12.6. The molecule has 0 radical (unpaired) electrons. The van der Waals surface area contributed by atoms with E-state index < -0.39 is 11.7 Å². The van der Waals surface area contributed by atoms with Gasteiger partial charge in [-0.15, -0.1) is 0 Å². The molecule has 0 spiro atoms. The van der Waals surface area contributed by atoms with Gasteiger partial charge in [0.25, 0.3) is 0 Å². The zero-order valence-corrected chi connectivity index (χ0v) is 7.91. The van der Waals surface area contributed by atoms with Gasteiger partial charge in [-0.25, -0.2) is 0 Å². The Hall–Kier alpha value is -0.930. The molecule has 1 fully saturated rings. The smallest absolute Gasteiger partial charge is 0.364 e. The Bertz CT molecular complexity index is 333. The van der Waals surface area contributed by atoms with Gasteiger partial charge in [-0.3, -0.25) is 0 Å². The van der Waals surface area contributed by atoms with Gasteiger partial charge in [-0.05, 0) is 18.9 Å². The van der Waals surface area contributed by atoms with Gasteiger partial charge in [-0.1, -0.05) is 13.3 Å². The predicted octanol–water partition coefficient (Wildman–Crippen LogP) is 3.48.